The molecule has 5 heteroatoms. The Hall–Kier alpha value is -2.40. The standard InChI is InChI=1S/C20H24FNO3/c1-13(2)25-18-7-5-4-6-16(18)12-19(23)22-14(3)20(24)15-8-10-17(21)11-9-15/h4-11,13-14,20,24H,12H2,1-3H3,(H,22,23). The van der Waals surface area contributed by atoms with Gasteiger partial charge in [-0.25, -0.2) is 4.39 Å². The molecule has 0 fully saturated rings. The van der Waals surface area contributed by atoms with Gasteiger partial charge in [-0.05, 0) is 44.5 Å². The molecule has 0 aliphatic carbocycles. The van der Waals surface area contributed by atoms with Gasteiger partial charge in [-0.3, -0.25) is 4.79 Å². The third-order valence-corrected chi connectivity index (χ3v) is 3.76. The molecule has 2 aromatic carbocycles. The minimum absolute atomic E-state index is 0.0171. The van der Waals surface area contributed by atoms with Gasteiger partial charge in [0.1, 0.15) is 11.6 Å². The van der Waals surface area contributed by atoms with E-state index in [1.165, 1.54) is 24.3 Å². The van der Waals surface area contributed by atoms with E-state index in [4.69, 9.17) is 4.74 Å². The van der Waals surface area contributed by atoms with Crippen LogP contribution in [0.2, 0.25) is 0 Å². The molecule has 0 spiro atoms. The van der Waals surface area contributed by atoms with Crippen molar-refractivity contribution in [3.8, 4) is 5.75 Å². The molecule has 0 radical (unpaired) electrons. The largest absolute Gasteiger partial charge is 0.491 e. The summed E-state index contributed by atoms with van der Waals surface area (Å²) in [5.74, 6) is 0.0993. The van der Waals surface area contributed by atoms with Crippen LogP contribution < -0.4 is 10.1 Å². The molecule has 2 aromatic rings. The van der Waals surface area contributed by atoms with E-state index >= 15 is 0 Å². The number of benzene rings is 2. The van der Waals surface area contributed by atoms with Crippen molar-refractivity contribution in [2.45, 2.75) is 45.4 Å². The van der Waals surface area contributed by atoms with Gasteiger partial charge in [0.05, 0.1) is 24.7 Å². The molecule has 0 aromatic heterocycles. The minimum Gasteiger partial charge on any atom is -0.491 e. The number of amides is 1. The van der Waals surface area contributed by atoms with Gasteiger partial charge in [0.2, 0.25) is 5.91 Å². The zero-order chi connectivity index (χ0) is 18.4. The van der Waals surface area contributed by atoms with Crippen LogP contribution in [0.15, 0.2) is 48.5 Å². The van der Waals surface area contributed by atoms with Gasteiger partial charge in [0, 0.05) is 5.56 Å². The Morgan fingerprint density at radius 2 is 1.76 bits per heavy atom. The van der Waals surface area contributed by atoms with Crippen LogP contribution in [0.3, 0.4) is 0 Å². The lowest BCUT2D eigenvalue weighted by atomic mass is 10.0. The number of carbonyl (C=O) groups excluding carboxylic acids is 1. The van der Waals surface area contributed by atoms with Gasteiger partial charge in [0.25, 0.3) is 0 Å². The van der Waals surface area contributed by atoms with Gasteiger partial charge >= 0.3 is 0 Å². The molecule has 2 rings (SSSR count). The van der Waals surface area contributed by atoms with Crippen LogP contribution in [0.4, 0.5) is 4.39 Å². The summed E-state index contributed by atoms with van der Waals surface area (Å²) < 4.78 is 18.7. The Labute approximate surface area is 147 Å². The Bertz CT molecular complexity index is 700. The van der Waals surface area contributed by atoms with E-state index in [-0.39, 0.29) is 24.2 Å². The van der Waals surface area contributed by atoms with Crippen LogP contribution in [-0.4, -0.2) is 23.2 Å². The van der Waals surface area contributed by atoms with Gasteiger partial charge in [-0.15, -0.1) is 0 Å². The van der Waals surface area contributed by atoms with Crippen molar-refractivity contribution in [3.63, 3.8) is 0 Å². The second-order valence-electron chi connectivity index (χ2n) is 6.30. The molecule has 2 N–H and O–H groups in total. The number of rotatable bonds is 7. The highest BCUT2D eigenvalue weighted by Gasteiger charge is 2.19. The summed E-state index contributed by atoms with van der Waals surface area (Å²) in [5.41, 5.74) is 1.34. The van der Waals surface area contributed by atoms with Gasteiger partial charge < -0.3 is 15.2 Å². The summed E-state index contributed by atoms with van der Waals surface area (Å²) in [6.07, 6.45) is -0.737. The first-order valence-corrected chi connectivity index (χ1v) is 8.34. The second-order valence-corrected chi connectivity index (χ2v) is 6.30. The van der Waals surface area contributed by atoms with E-state index in [0.29, 0.717) is 11.3 Å². The normalized spacial score (nSPS) is 13.4. The van der Waals surface area contributed by atoms with E-state index in [1.807, 2.05) is 38.1 Å². The first-order chi connectivity index (χ1) is 11.9. The molecule has 0 saturated heterocycles. The monoisotopic (exact) mass is 345 g/mol. The number of nitrogens with one attached hydrogen (secondary N) is 1. The smallest absolute Gasteiger partial charge is 0.224 e. The predicted octanol–water partition coefficient (Wildman–Crippen LogP) is 3.39. The lowest BCUT2D eigenvalue weighted by Crippen LogP contribution is -2.38. The topological polar surface area (TPSA) is 58.6 Å². The van der Waals surface area contributed by atoms with Crippen LogP contribution in [0.5, 0.6) is 5.75 Å². The van der Waals surface area contributed by atoms with Crippen molar-refractivity contribution >= 4 is 5.91 Å². The highest BCUT2D eigenvalue weighted by molar-refractivity contribution is 5.79. The van der Waals surface area contributed by atoms with Crippen LogP contribution in [-0.2, 0) is 11.2 Å². The first-order valence-electron chi connectivity index (χ1n) is 8.34. The summed E-state index contributed by atoms with van der Waals surface area (Å²) >= 11 is 0. The van der Waals surface area contributed by atoms with Crippen LogP contribution in [0.1, 0.15) is 38.0 Å². The fourth-order valence-electron chi connectivity index (χ4n) is 2.52. The Balaban J connectivity index is 1.99. The maximum Gasteiger partial charge on any atom is 0.224 e. The van der Waals surface area contributed by atoms with E-state index in [1.54, 1.807) is 6.92 Å². The average Bonchev–Trinajstić information content (AvgIpc) is 2.56. The predicted molar refractivity (Wildman–Crippen MR) is 94.9 cm³/mol. The van der Waals surface area contributed by atoms with Gasteiger partial charge in [0.15, 0.2) is 0 Å². The molecule has 0 heterocycles. The number of hydrogen-bond acceptors (Lipinski definition) is 3. The maximum absolute atomic E-state index is 13.0. The summed E-state index contributed by atoms with van der Waals surface area (Å²) in [7, 11) is 0. The third kappa shape index (κ3) is 5.57. The number of para-hydroxylation sites is 1. The Morgan fingerprint density at radius 3 is 2.40 bits per heavy atom. The van der Waals surface area contributed by atoms with Gasteiger partial charge in [-0.1, -0.05) is 30.3 Å². The quantitative estimate of drug-likeness (QED) is 0.809. The van der Waals surface area contributed by atoms with Crippen molar-refractivity contribution in [2.75, 3.05) is 0 Å². The van der Waals surface area contributed by atoms with Gasteiger partial charge in [-0.2, -0.15) is 0 Å². The van der Waals surface area contributed by atoms with Crippen molar-refractivity contribution in [1.82, 2.24) is 5.32 Å². The molecule has 0 bridgehead atoms. The molecule has 4 nitrogen and oxygen atoms in total. The molecule has 0 saturated carbocycles. The summed E-state index contributed by atoms with van der Waals surface area (Å²) in [6, 6.07) is 12.5. The number of halogens is 1. The number of hydrogen-bond donors (Lipinski definition) is 2. The SMILES string of the molecule is CC(C)Oc1ccccc1CC(=O)NC(C)C(O)c1ccc(F)cc1. The molecular weight excluding hydrogens is 321 g/mol. The number of aliphatic hydroxyl groups is 1. The Kier molecular flexibility index (Phi) is 6.53. The molecule has 2 unspecified atom stereocenters. The van der Waals surface area contributed by atoms with E-state index < -0.39 is 12.1 Å². The summed E-state index contributed by atoms with van der Waals surface area (Å²) in [5, 5.41) is 13.1. The molecular formula is C20H24FNO3. The molecule has 134 valence electrons. The van der Waals surface area contributed by atoms with Crippen molar-refractivity contribution < 1.29 is 19.0 Å². The fraction of sp³-hybridized carbons (Fsp3) is 0.350. The highest BCUT2D eigenvalue weighted by Crippen LogP contribution is 2.21. The summed E-state index contributed by atoms with van der Waals surface area (Å²) in [6.45, 7) is 5.57. The zero-order valence-corrected chi connectivity index (χ0v) is 14.7. The van der Waals surface area contributed by atoms with Crippen molar-refractivity contribution in [2.24, 2.45) is 0 Å². The Morgan fingerprint density at radius 1 is 1.12 bits per heavy atom. The third-order valence-electron chi connectivity index (χ3n) is 3.76. The molecule has 0 aliphatic rings. The zero-order valence-electron chi connectivity index (χ0n) is 14.7. The van der Waals surface area contributed by atoms with E-state index in [2.05, 4.69) is 5.32 Å². The molecule has 0 aliphatic heterocycles. The highest BCUT2D eigenvalue weighted by atomic mass is 19.1. The van der Waals surface area contributed by atoms with Crippen LogP contribution >= 0.6 is 0 Å². The van der Waals surface area contributed by atoms with Crippen molar-refractivity contribution in [1.29, 1.82) is 0 Å². The fourth-order valence-corrected chi connectivity index (χ4v) is 2.52. The first kappa shape index (κ1) is 18.9. The van der Waals surface area contributed by atoms with E-state index in [0.717, 1.165) is 5.56 Å². The maximum atomic E-state index is 13.0. The number of aliphatic hydroxyl groups excluding tert-OH is 1. The number of carbonyl (C=O) groups is 1. The van der Waals surface area contributed by atoms with Crippen LogP contribution in [0, 0.1) is 5.82 Å². The summed E-state index contributed by atoms with van der Waals surface area (Å²) in [4.78, 5) is 12.3. The lowest BCUT2D eigenvalue weighted by molar-refractivity contribution is -0.121. The average molecular weight is 345 g/mol. The minimum atomic E-state index is -0.910. The molecule has 1 amide bonds. The van der Waals surface area contributed by atoms with Crippen LogP contribution in [0.25, 0.3) is 0 Å². The second kappa shape index (κ2) is 8.62. The lowest BCUT2D eigenvalue weighted by Gasteiger charge is -2.21. The molecule has 25 heavy (non-hydrogen) atoms. The van der Waals surface area contributed by atoms with Crippen molar-refractivity contribution in [3.05, 3.63) is 65.5 Å². The number of ether oxygens (including phenoxy) is 1. The van der Waals surface area contributed by atoms with E-state index in [9.17, 15) is 14.3 Å². The molecule has 2 atom stereocenters.